The molecule has 0 saturated carbocycles. The zero-order chi connectivity index (χ0) is 13.2. The molecule has 2 rings (SSSR count). The second-order valence-corrected chi connectivity index (χ2v) is 6.49. The molecule has 1 aliphatic heterocycles. The number of benzene rings is 1. The molecule has 1 unspecified atom stereocenters. The van der Waals surface area contributed by atoms with Crippen LogP contribution in [0.4, 0.5) is 5.69 Å². The Morgan fingerprint density at radius 1 is 1.22 bits per heavy atom. The molecule has 1 aromatic rings. The minimum absolute atomic E-state index is 0.0427. The molecule has 1 fully saturated rings. The van der Waals surface area contributed by atoms with Gasteiger partial charge in [-0.2, -0.15) is 12.7 Å². The van der Waals surface area contributed by atoms with E-state index in [1.165, 1.54) is 8.61 Å². The van der Waals surface area contributed by atoms with Crippen molar-refractivity contribution in [1.82, 2.24) is 9.62 Å². The highest BCUT2D eigenvalue weighted by molar-refractivity contribution is 7.90. The van der Waals surface area contributed by atoms with E-state index < -0.39 is 10.2 Å². The Hall–Kier alpha value is -1.11. The molecular formula is C12H19N3O2S. The summed E-state index contributed by atoms with van der Waals surface area (Å²) in [5, 5.41) is 3.18. The molecule has 1 heterocycles. The van der Waals surface area contributed by atoms with E-state index in [4.69, 9.17) is 0 Å². The van der Waals surface area contributed by atoms with E-state index in [1.54, 1.807) is 26.2 Å². The SMILES string of the molecule is CN(c1ccccc1)S(=O)(=O)N(C)C1CCNC1. The lowest BCUT2D eigenvalue weighted by Crippen LogP contribution is -2.45. The van der Waals surface area contributed by atoms with Gasteiger partial charge in [-0.05, 0) is 25.1 Å². The summed E-state index contributed by atoms with van der Waals surface area (Å²) in [4.78, 5) is 0. The molecule has 0 radical (unpaired) electrons. The zero-order valence-corrected chi connectivity index (χ0v) is 11.5. The van der Waals surface area contributed by atoms with Crippen LogP contribution in [0.2, 0.25) is 0 Å². The Kier molecular flexibility index (Phi) is 3.89. The van der Waals surface area contributed by atoms with E-state index >= 15 is 0 Å². The molecule has 6 heteroatoms. The van der Waals surface area contributed by atoms with Crippen LogP contribution >= 0.6 is 0 Å². The fourth-order valence-electron chi connectivity index (χ4n) is 2.10. The molecular weight excluding hydrogens is 250 g/mol. The van der Waals surface area contributed by atoms with Crippen molar-refractivity contribution in [2.24, 2.45) is 0 Å². The van der Waals surface area contributed by atoms with Crippen LogP contribution in [0.3, 0.4) is 0 Å². The zero-order valence-electron chi connectivity index (χ0n) is 10.7. The first-order chi connectivity index (χ1) is 8.53. The molecule has 1 aromatic carbocycles. The minimum atomic E-state index is -3.45. The maximum Gasteiger partial charge on any atom is 0.303 e. The summed E-state index contributed by atoms with van der Waals surface area (Å²) in [6.07, 6.45) is 0.859. The molecule has 5 nitrogen and oxygen atoms in total. The van der Waals surface area contributed by atoms with Crippen molar-refractivity contribution in [3.05, 3.63) is 30.3 Å². The lowest BCUT2D eigenvalue weighted by molar-refractivity contribution is 0.387. The van der Waals surface area contributed by atoms with E-state index in [2.05, 4.69) is 5.32 Å². The number of nitrogens with one attached hydrogen (secondary N) is 1. The van der Waals surface area contributed by atoms with E-state index in [0.29, 0.717) is 5.69 Å². The van der Waals surface area contributed by atoms with E-state index in [-0.39, 0.29) is 6.04 Å². The van der Waals surface area contributed by atoms with Crippen LogP contribution in [0.5, 0.6) is 0 Å². The van der Waals surface area contributed by atoms with Gasteiger partial charge in [0.25, 0.3) is 0 Å². The molecule has 0 bridgehead atoms. The van der Waals surface area contributed by atoms with Crippen LogP contribution in [0.1, 0.15) is 6.42 Å². The first-order valence-corrected chi connectivity index (χ1v) is 7.41. The van der Waals surface area contributed by atoms with Crippen LogP contribution in [-0.2, 0) is 10.2 Å². The number of hydrogen-bond acceptors (Lipinski definition) is 3. The minimum Gasteiger partial charge on any atom is -0.315 e. The number of nitrogens with zero attached hydrogens (tertiary/aromatic N) is 2. The second kappa shape index (κ2) is 5.26. The summed E-state index contributed by atoms with van der Waals surface area (Å²) in [7, 11) is -0.217. The third-order valence-electron chi connectivity index (χ3n) is 3.38. The van der Waals surface area contributed by atoms with Gasteiger partial charge >= 0.3 is 10.2 Å². The molecule has 0 spiro atoms. The van der Waals surface area contributed by atoms with Crippen LogP contribution in [0.15, 0.2) is 30.3 Å². The second-order valence-electron chi connectivity index (χ2n) is 4.47. The third-order valence-corrected chi connectivity index (χ3v) is 5.31. The van der Waals surface area contributed by atoms with Crippen molar-refractivity contribution in [1.29, 1.82) is 0 Å². The van der Waals surface area contributed by atoms with Gasteiger partial charge < -0.3 is 5.32 Å². The van der Waals surface area contributed by atoms with Gasteiger partial charge in [0, 0.05) is 26.7 Å². The monoisotopic (exact) mass is 269 g/mol. The van der Waals surface area contributed by atoms with Gasteiger partial charge in [0.15, 0.2) is 0 Å². The predicted molar refractivity (Wildman–Crippen MR) is 72.8 cm³/mol. The van der Waals surface area contributed by atoms with E-state index in [1.807, 2.05) is 18.2 Å². The Balaban J connectivity index is 2.20. The smallest absolute Gasteiger partial charge is 0.303 e. The first-order valence-electron chi connectivity index (χ1n) is 6.01. The molecule has 1 atom stereocenters. The maximum atomic E-state index is 12.4. The number of likely N-dealkylation sites (N-methyl/N-ethyl adjacent to an activating group) is 1. The fraction of sp³-hybridized carbons (Fsp3) is 0.500. The Morgan fingerprint density at radius 2 is 1.89 bits per heavy atom. The first kappa shape index (κ1) is 13.3. The summed E-state index contributed by atoms with van der Waals surface area (Å²) < 4.78 is 27.7. The maximum absolute atomic E-state index is 12.4. The quantitative estimate of drug-likeness (QED) is 0.873. The van der Waals surface area contributed by atoms with E-state index in [9.17, 15) is 8.42 Å². The van der Waals surface area contributed by atoms with Gasteiger partial charge in [0.1, 0.15) is 0 Å². The normalized spacial score (nSPS) is 20.3. The lowest BCUT2D eigenvalue weighted by atomic mass is 10.3. The molecule has 0 aliphatic carbocycles. The lowest BCUT2D eigenvalue weighted by Gasteiger charge is -2.29. The summed E-state index contributed by atoms with van der Waals surface area (Å²) in [6.45, 7) is 1.60. The van der Waals surface area contributed by atoms with Gasteiger partial charge in [-0.15, -0.1) is 0 Å². The summed E-state index contributed by atoms with van der Waals surface area (Å²) in [5.41, 5.74) is 0.676. The molecule has 18 heavy (non-hydrogen) atoms. The van der Waals surface area contributed by atoms with Gasteiger partial charge in [-0.25, -0.2) is 0 Å². The highest BCUT2D eigenvalue weighted by Gasteiger charge is 2.31. The summed E-state index contributed by atoms with van der Waals surface area (Å²) in [6, 6.07) is 9.16. The van der Waals surface area contributed by atoms with Crippen LogP contribution in [0.25, 0.3) is 0 Å². The van der Waals surface area contributed by atoms with Crippen molar-refractivity contribution in [2.45, 2.75) is 12.5 Å². The van der Waals surface area contributed by atoms with Crippen LogP contribution in [0, 0.1) is 0 Å². The summed E-state index contributed by atoms with van der Waals surface area (Å²) in [5.74, 6) is 0. The molecule has 1 aliphatic rings. The Bertz CT molecular complexity index is 483. The Morgan fingerprint density at radius 3 is 2.44 bits per heavy atom. The molecule has 0 amide bonds. The molecule has 100 valence electrons. The Labute approximate surface area is 109 Å². The average Bonchev–Trinajstić information content (AvgIpc) is 2.91. The van der Waals surface area contributed by atoms with Crippen molar-refractivity contribution in [3.63, 3.8) is 0 Å². The van der Waals surface area contributed by atoms with Crippen molar-refractivity contribution in [2.75, 3.05) is 31.5 Å². The van der Waals surface area contributed by atoms with Crippen LogP contribution < -0.4 is 9.62 Å². The molecule has 0 aromatic heterocycles. The topological polar surface area (TPSA) is 52.7 Å². The molecule has 1 N–H and O–H groups in total. The van der Waals surface area contributed by atoms with Gasteiger partial charge in [-0.1, -0.05) is 18.2 Å². The van der Waals surface area contributed by atoms with Gasteiger partial charge in [0.05, 0.1) is 5.69 Å². The number of rotatable bonds is 4. The van der Waals surface area contributed by atoms with E-state index in [0.717, 1.165) is 19.5 Å². The number of hydrogen-bond donors (Lipinski definition) is 1. The summed E-state index contributed by atoms with van der Waals surface area (Å²) >= 11 is 0. The van der Waals surface area contributed by atoms with Gasteiger partial charge in [-0.3, -0.25) is 4.31 Å². The van der Waals surface area contributed by atoms with Crippen LogP contribution in [-0.4, -0.2) is 45.9 Å². The standard InChI is InChI=1S/C12H19N3O2S/c1-14(11-6-4-3-5-7-11)18(16,17)15(2)12-8-9-13-10-12/h3-7,12-13H,8-10H2,1-2H3. The van der Waals surface area contributed by atoms with Crippen molar-refractivity contribution < 1.29 is 8.42 Å². The number of anilines is 1. The third kappa shape index (κ3) is 2.50. The average molecular weight is 269 g/mol. The highest BCUT2D eigenvalue weighted by atomic mass is 32.2. The highest BCUT2D eigenvalue weighted by Crippen LogP contribution is 2.20. The molecule has 1 saturated heterocycles. The van der Waals surface area contributed by atoms with Crippen molar-refractivity contribution in [3.8, 4) is 0 Å². The van der Waals surface area contributed by atoms with Crippen molar-refractivity contribution >= 4 is 15.9 Å². The predicted octanol–water partition coefficient (Wildman–Crippen LogP) is 0.661. The fourth-order valence-corrected chi connectivity index (χ4v) is 3.43. The van der Waals surface area contributed by atoms with Gasteiger partial charge in [0.2, 0.25) is 0 Å². The largest absolute Gasteiger partial charge is 0.315 e. The number of para-hydroxylation sites is 1.